The van der Waals surface area contributed by atoms with Crippen LogP contribution in [0, 0.1) is 6.92 Å². The third kappa shape index (κ3) is 2.36. The van der Waals surface area contributed by atoms with Gasteiger partial charge in [0.1, 0.15) is 0 Å². The summed E-state index contributed by atoms with van der Waals surface area (Å²) in [7, 11) is 0. The molecule has 22 heavy (non-hydrogen) atoms. The summed E-state index contributed by atoms with van der Waals surface area (Å²) in [5.41, 5.74) is 3.38. The van der Waals surface area contributed by atoms with Crippen LogP contribution in [-0.2, 0) is 4.74 Å². The second kappa shape index (κ2) is 5.66. The molecule has 1 aromatic carbocycles. The minimum absolute atomic E-state index is 0.261. The van der Waals surface area contributed by atoms with E-state index in [9.17, 15) is 0 Å². The van der Waals surface area contributed by atoms with Gasteiger partial charge in [-0.15, -0.1) is 11.3 Å². The van der Waals surface area contributed by atoms with Gasteiger partial charge in [-0.05, 0) is 18.9 Å². The van der Waals surface area contributed by atoms with Gasteiger partial charge in [0.25, 0.3) is 5.89 Å². The van der Waals surface area contributed by atoms with Gasteiger partial charge < -0.3 is 9.26 Å². The molecule has 112 valence electrons. The summed E-state index contributed by atoms with van der Waals surface area (Å²) < 4.78 is 10.9. The summed E-state index contributed by atoms with van der Waals surface area (Å²) in [6.07, 6.45) is 0.965. The van der Waals surface area contributed by atoms with Crippen LogP contribution in [0.2, 0.25) is 0 Å². The van der Waals surface area contributed by atoms with Crippen LogP contribution in [0.4, 0.5) is 0 Å². The van der Waals surface area contributed by atoms with Crippen LogP contribution >= 0.6 is 11.3 Å². The van der Waals surface area contributed by atoms with Crippen molar-refractivity contribution in [3.8, 4) is 22.6 Å². The van der Waals surface area contributed by atoms with E-state index in [1.807, 2.05) is 18.2 Å². The number of benzene rings is 1. The van der Waals surface area contributed by atoms with Crippen LogP contribution in [-0.4, -0.2) is 23.4 Å². The normalized spacial score (nSPS) is 18.0. The zero-order valence-corrected chi connectivity index (χ0v) is 13.1. The Hall–Kier alpha value is -1.98. The number of aryl methyl sites for hydroxylation is 1. The third-order valence-electron chi connectivity index (χ3n) is 4.00. The second-order valence-electron chi connectivity index (χ2n) is 5.46. The molecule has 0 saturated carbocycles. The molecule has 4 nitrogen and oxygen atoms in total. The van der Waals surface area contributed by atoms with Crippen LogP contribution in [0.25, 0.3) is 22.6 Å². The van der Waals surface area contributed by atoms with Crippen molar-refractivity contribution < 1.29 is 9.26 Å². The van der Waals surface area contributed by atoms with E-state index in [1.54, 1.807) is 11.3 Å². The van der Waals surface area contributed by atoms with Gasteiger partial charge >= 0.3 is 0 Å². The van der Waals surface area contributed by atoms with E-state index in [2.05, 4.69) is 34.6 Å². The monoisotopic (exact) mass is 312 g/mol. The molecule has 0 bridgehead atoms. The van der Waals surface area contributed by atoms with Gasteiger partial charge in [0.15, 0.2) is 5.82 Å². The molecule has 0 spiro atoms. The first-order chi connectivity index (χ1) is 10.8. The fourth-order valence-electron chi connectivity index (χ4n) is 2.82. The van der Waals surface area contributed by atoms with Gasteiger partial charge in [0.2, 0.25) is 0 Å². The van der Waals surface area contributed by atoms with Crippen molar-refractivity contribution in [1.29, 1.82) is 0 Å². The molecule has 4 rings (SSSR count). The first kappa shape index (κ1) is 13.7. The highest BCUT2D eigenvalue weighted by molar-refractivity contribution is 7.10. The Balaban J connectivity index is 1.74. The van der Waals surface area contributed by atoms with Crippen molar-refractivity contribution in [2.75, 3.05) is 13.2 Å². The predicted octanol–water partition coefficient (Wildman–Crippen LogP) is 4.28. The van der Waals surface area contributed by atoms with E-state index in [4.69, 9.17) is 9.26 Å². The van der Waals surface area contributed by atoms with Crippen LogP contribution in [0.5, 0.6) is 0 Å². The molecule has 5 heteroatoms. The highest BCUT2D eigenvalue weighted by atomic mass is 32.1. The molecule has 1 atom stereocenters. The van der Waals surface area contributed by atoms with Crippen LogP contribution in [0.1, 0.15) is 23.0 Å². The molecule has 0 amide bonds. The SMILES string of the molecule is Cc1scc(-c2nc([C@H]3CCOC3)no2)c1-c1ccccc1. The first-order valence-electron chi connectivity index (χ1n) is 7.38. The summed E-state index contributed by atoms with van der Waals surface area (Å²) in [5, 5.41) is 6.25. The van der Waals surface area contributed by atoms with E-state index in [0.717, 1.165) is 24.4 Å². The Labute approximate surface area is 132 Å². The summed E-state index contributed by atoms with van der Waals surface area (Å²) in [5.74, 6) is 1.62. The van der Waals surface area contributed by atoms with E-state index >= 15 is 0 Å². The molecule has 0 aliphatic carbocycles. The smallest absolute Gasteiger partial charge is 0.259 e. The fraction of sp³-hybridized carbons (Fsp3) is 0.294. The molecule has 3 heterocycles. The Morgan fingerprint density at radius 1 is 1.23 bits per heavy atom. The minimum Gasteiger partial charge on any atom is -0.381 e. The standard InChI is InChI=1S/C17H16N2O2S/c1-11-15(12-5-3-2-4-6-12)14(10-22-11)17-18-16(19-21-17)13-7-8-20-9-13/h2-6,10,13H,7-9H2,1H3/t13-/m0/s1. The van der Waals surface area contributed by atoms with Crippen LogP contribution < -0.4 is 0 Å². The Morgan fingerprint density at radius 2 is 2.09 bits per heavy atom. The highest BCUT2D eigenvalue weighted by Gasteiger charge is 2.25. The molecule has 1 saturated heterocycles. The molecular formula is C17H16N2O2S. The summed E-state index contributed by atoms with van der Waals surface area (Å²) in [6.45, 7) is 3.59. The molecule has 1 aliphatic rings. The zero-order chi connectivity index (χ0) is 14.9. The number of ether oxygens (including phenoxy) is 1. The number of nitrogens with zero attached hydrogens (tertiary/aromatic N) is 2. The quantitative estimate of drug-likeness (QED) is 0.724. The lowest BCUT2D eigenvalue weighted by atomic mass is 10.0. The second-order valence-corrected chi connectivity index (χ2v) is 6.55. The predicted molar refractivity (Wildman–Crippen MR) is 86.0 cm³/mol. The largest absolute Gasteiger partial charge is 0.381 e. The van der Waals surface area contributed by atoms with Crippen molar-refractivity contribution in [2.24, 2.45) is 0 Å². The average molecular weight is 312 g/mol. The minimum atomic E-state index is 0.261. The van der Waals surface area contributed by atoms with Crippen LogP contribution in [0.3, 0.4) is 0 Å². The molecule has 0 N–H and O–H groups in total. The Morgan fingerprint density at radius 3 is 2.86 bits per heavy atom. The van der Waals surface area contributed by atoms with Crippen molar-refractivity contribution >= 4 is 11.3 Å². The maximum Gasteiger partial charge on any atom is 0.259 e. The van der Waals surface area contributed by atoms with E-state index in [0.29, 0.717) is 12.5 Å². The van der Waals surface area contributed by atoms with Gasteiger partial charge in [-0.2, -0.15) is 4.98 Å². The van der Waals surface area contributed by atoms with E-state index < -0.39 is 0 Å². The number of hydrogen-bond donors (Lipinski definition) is 0. The van der Waals surface area contributed by atoms with Gasteiger partial charge in [-0.1, -0.05) is 35.5 Å². The average Bonchev–Trinajstić information content (AvgIpc) is 3.28. The molecule has 2 aromatic heterocycles. The van der Waals surface area contributed by atoms with Gasteiger partial charge in [-0.3, -0.25) is 0 Å². The summed E-state index contributed by atoms with van der Waals surface area (Å²) in [4.78, 5) is 5.87. The Kier molecular flexibility index (Phi) is 3.52. The maximum atomic E-state index is 5.53. The third-order valence-corrected chi connectivity index (χ3v) is 4.92. The number of aromatic nitrogens is 2. The Bertz CT molecular complexity index is 773. The molecule has 1 fully saturated rings. The fourth-order valence-corrected chi connectivity index (χ4v) is 3.68. The van der Waals surface area contributed by atoms with E-state index in [1.165, 1.54) is 16.0 Å². The number of rotatable bonds is 3. The van der Waals surface area contributed by atoms with Crippen molar-refractivity contribution in [2.45, 2.75) is 19.3 Å². The summed E-state index contributed by atoms with van der Waals surface area (Å²) in [6, 6.07) is 10.3. The van der Waals surface area contributed by atoms with Crippen molar-refractivity contribution in [1.82, 2.24) is 10.1 Å². The van der Waals surface area contributed by atoms with Gasteiger partial charge in [-0.25, -0.2) is 0 Å². The number of hydrogen-bond acceptors (Lipinski definition) is 5. The van der Waals surface area contributed by atoms with Crippen LogP contribution in [0.15, 0.2) is 40.2 Å². The molecule has 0 unspecified atom stereocenters. The van der Waals surface area contributed by atoms with Crippen molar-refractivity contribution in [3.63, 3.8) is 0 Å². The van der Waals surface area contributed by atoms with Crippen molar-refractivity contribution in [3.05, 3.63) is 46.4 Å². The van der Waals surface area contributed by atoms with Gasteiger partial charge in [0.05, 0.1) is 12.2 Å². The maximum absolute atomic E-state index is 5.53. The topological polar surface area (TPSA) is 48.2 Å². The first-order valence-corrected chi connectivity index (χ1v) is 8.26. The van der Waals surface area contributed by atoms with E-state index in [-0.39, 0.29) is 5.92 Å². The summed E-state index contributed by atoms with van der Waals surface area (Å²) >= 11 is 1.71. The lowest BCUT2D eigenvalue weighted by Gasteiger charge is -2.03. The lowest BCUT2D eigenvalue weighted by molar-refractivity contribution is 0.192. The lowest BCUT2D eigenvalue weighted by Crippen LogP contribution is -1.99. The molecule has 3 aromatic rings. The zero-order valence-electron chi connectivity index (χ0n) is 12.3. The highest BCUT2D eigenvalue weighted by Crippen LogP contribution is 2.38. The molecule has 1 aliphatic heterocycles. The molecule has 0 radical (unpaired) electrons. The van der Waals surface area contributed by atoms with Gasteiger partial charge in [0, 0.05) is 28.3 Å². The number of thiophene rings is 1. The molecular weight excluding hydrogens is 296 g/mol.